The molecule has 2 heteroatoms. The van der Waals surface area contributed by atoms with Crippen LogP contribution in [-0.2, 0) is 6.54 Å². The molecule has 2 aromatic carbocycles. The predicted molar refractivity (Wildman–Crippen MR) is 91.8 cm³/mol. The summed E-state index contributed by atoms with van der Waals surface area (Å²) < 4.78 is 0. The standard InChI is InChI=1S/C19H26N2/c1-15-9-10-16(2)18(13-15)14-21(12-6-11-20)19-8-5-4-7-17(19)3/h4-5,7-10,13H,6,11-12,14,20H2,1-3H3. The summed E-state index contributed by atoms with van der Waals surface area (Å²) in [5, 5.41) is 0. The van der Waals surface area contributed by atoms with Crippen molar-refractivity contribution in [3.8, 4) is 0 Å². The second kappa shape index (κ2) is 7.28. The first-order chi connectivity index (χ1) is 10.1. The second-order valence-electron chi connectivity index (χ2n) is 5.78. The number of nitrogens with two attached hydrogens (primary N) is 1. The molecule has 0 amide bonds. The Balaban J connectivity index is 2.28. The van der Waals surface area contributed by atoms with Crippen molar-refractivity contribution in [2.45, 2.75) is 33.7 Å². The molecule has 0 fully saturated rings. The average molecular weight is 282 g/mol. The Bertz CT molecular complexity index is 590. The highest BCUT2D eigenvalue weighted by Gasteiger charge is 2.10. The van der Waals surface area contributed by atoms with Crippen molar-refractivity contribution in [3.05, 3.63) is 64.7 Å². The minimum atomic E-state index is 0.731. The Morgan fingerprint density at radius 1 is 0.952 bits per heavy atom. The zero-order chi connectivity index (χ0) is 15.2. The van der Waals surface area contributed by atoms with Crippen LogP contribution in [0.1, 0.15) is 28.7 Å². The molecule has 0 heterocycles. The molecule has 0 aliphatic heterocycles. The van der Waals surface area contributed by atoms with Gasteiger partial charge in [0.05, 0.1) is 0 Å². The van der Waals surface area contributed by atoms with Gasteiger partial charge in [0.2, 0.25) is 0 Å². The van der Waals surface area contributed by atoms with E-state index in [2.05, 4.69) is 68.1 Å². The molecule has 112 valence electrons. The molecule has 2 aromatic rings. The molecular weight excluding hydrogens is 256 g/mol. The number of rotatable bonds is 6. The van der Waals surface area contributed by atoms with Gasteiger partial charge in [-0.25, -0.2) is 0 Å². The molecular formula is C19H26N2. The molecule has 0 saturated carbocycles. The highest BCUT2D eigenvalue weighted by Crippen LogP contribution is 2.23. The fourth-order valence-electron chi connectivity index (χ4n) is 2.66. The van der Waals surface area contributed by atoms with E-state index in [4.69, 9.17) is 5.73 Å². The van der Waals surface area contributed by atoms with Gasteiger partial charge in [0.15, 0.2) is 0 Å². The Morgan fingerprint density at radius 2 is 1.71 bits per heavy atom. The van der Waals surface area contributed by atoms with Crippen LogP contribution in [0.25, 0.3) is 0 Å². The Kier molecular flexibility index (Phi) is 5.40. The van der Waals surface area contributed by atoms with E-state index in [0.29, 0.717) is 0 Å². The van der Waals surface area contributed by atoms with Gasteiger partial charge >= 0.3 is 0 Å². The molecule has 2 rings (SSSR count). The zero-order valence-electron chi connectivity index (χ0n) is 13.4. The lowest BCUT2D eigenvalue weighted by Gasteiger charge is -2.27. The van der Waals surface area contributed by atoms with Gasteiger partial charge in [-0.2, -0.15) is 0 Å². The van der Waals surface area contributed by atoms with Crippen molar-refractivity contribution in [1.29, 1.82) is 0 Å². The monoisotopic (exact) mass is 282 g/mol. The zero-order valence-corrected chi connectivity index (χ0v) is 13.4. The van der Waals surface area contributed by atoms with Crippen LogP contribution in [-0.4, -0.2) is 13.1 Å². The number of hydrogen-bond donors (Lipinski definition) is 1. The van der Waals surface area contributed by atoms with Crippen molar-refractivity contribution in [2.24, 2.45) is 5.73 Å². The molecule has 2 N–H and O–H groups in total. The minimum Gasteiger partial charge on any atom is -0.367 e. The molecule has 0 bridgehead atoms. The lowest BCUT2D eigenvalue weighted by Crippen LogP contribution is -2.26. The summed E-state index contributed by atoms with van der Waals surface area (Å²) in [6.45, 7) is 9.19. The maximum atomic E-state index is 5.71. The van der Waals surface area contributed by atoms with Crippen LogP contribution < -0.4 is 10.6 Å². The Hall–Kier alpha value is -1.80. The van der Waals surface area contributed by atoms with Gasteiger partial charge in [-0.3, -0.25) is 0 Å². The predicted octanol–water partition coefficient (Wildman–Crippen LogP) is 3.97. The maximum absolute atomic E-state index is 5.71. The quantitative estimate of drug-likeness (QED) is 0.868. The number of hydrogen-bond acceptors (Lipinski definition) is 2. The number of aryl methyl sites for hydroxylation is 3. The van der Waals surface area contributed by atoms with E-state index < -0.39 is 0 Å². The molecule has 0 aliphatic carbocycles. The van der Waals surface area contributed by atoms with Crippen LogP contribution in [0.3, 0.4) is 0 Å². The van der Waals surface area contributed by atoms with Crippen LogP contribution in [0.4, 0.5) is 5.69 Å². The van der Waals surface area contributed by atoms with Crippen molar-refractivity contribution in [3.63, 3.8) is 0 Å². The Labute approximate surface area is 128 Å². The van der Waals surface area contributed by atoms with Gasteiger partial charge < -0.3 is 10.6 Å². The molecule has 21 heavy (non-hydrogen) atoms. The summed E-state index contributed by atoms with van der Waals surface area (Å²) in [5.74, 6) is 0. The summed E-state index contributed by atoms with van der Waals surface area (Å²) in [6.07, 6.45) is 1.01. The highest BCUT2D eigenvalue weighted by molar-refractivity contribution is 5.53. The summed E-state index contributed by atoms with van der Waals surface area (Å²) in [4.78, 5) is 2.45. The molecule has 2 nitrogen and oxygen atoms in total. The van der Waals surface area contributed by atoms with Crippen molar-refractivity contribution in [1.82, 2.24) is 0 Å². The normalized spacial score (nSPS) is 10.7. The third-order valence-electron chi connectivity index (χ3n) is 3.95. The number of para-hydroxylation sites is 1. The van der Waals surface area contributed by atoms with Crippen molar-refractivity contribution >= 4 is 5.69 Å². The van der Waals surface area contributed by atoms with E-state index >= 15 is 0 Å². The van der Waals surface area contributed by atoms with Crippen LogP contribution in [0.15, 0.2) is 42.5 Å². The topological polar surface area (TPSA) is 29.3 Å². The lowest BCUT2D eigenvalue weighted by atomic mass is 10.0. The van der Waals surface area contributed by atoms with E-state index in [9.17, 15) is 0 Å². The van der Waals surface area contributed by atoms with Crippen LogP contribution in [0, 0.1) is 20.8 Å². The number of benzene rings is 2. The van der Waals surface area contributed by atoms with Crippen LogP contribution >= 0.6 is 0 Å². The SMILES string of the molecule is Cc1ccc(C)c(CN(CCCN)c2ccccc2C)c1. The van der Waals surface area contributed by atoms with Gasteiger partial charge in [-0.1, -0.05) is 42.0 Å². The van der Waals surface area contributed by atoms with Crippen LogP contribution in [0.5, 0.6) is 0 Å². The maximum Gasteiger partial charge on any atom is 0.0432 e. The third kappa shape index (κ3) is 4.08. The summed E-state index contributed by atoms with van der Waals surface area (Å²) in [7, 11) is 0. The van der Waals surface area contributed by atoms with Crippen LogP contribution in [0.2, 0.25) is 0 Å². The van der Waals surface area contributed by atoms with E-state index in [1.165, 1.54) is 27.9 Å². The first kappa shape index (κ1) is 15.6. The number of nitrogens with zero attached hydrogens (tertiary/aromatic N) is 1. The lowest BCUT2D eigenvalue weighted by molar-refractivity contribution is 0.731. The van der Waals surface area contributed by atoms with Crippen molar-refractivity contribution in [2.75, 3.05) is 18.0 Å². The van der Waals surface area contributed by atoms with Crippen molar-refractivity contribution < 1.29 is 0 Å². The summed E-state index contributed by atoms with van der Waals surface area (Å²) in [5.41, 5.74) is 12.4. The Morgan fingerprint density at radius 3 is 2.43 bits per heavy atom. The largest absolute Gasteiger partial charge is 0.367 e. The fraction of sp³-hybridized carbons (Fsp3) is 0.368. The first-order valence-corrected chi connectivity index (χ1v) is 7.68. The van der Waals surface area contributed by atoms with E-state index in [1.807, 2.05) is 0 Å². The molecule has 0 atom stereocenters. The van der Waals surface area contributed by atoms with E-state index in [0.717, 1.165) is 26.1 Å². The van der Waals surface area contributed by atoms with Gasteiger partial charge in [0.25, 0.3) is 0 Å². The number of anilines is 1. The minimum absolute atomic E-state index is 0.731. The summed E-state index contributed by atoms with van der Waals surface area (Å²) >= 11 is 0. The first-order valence-electron chi connectivity index (χ1n) is 7.68. The smallest absolute Gasteiger partial charge is 0.0432 e. The molecule has 0 radical (unpaired) electrons. The summed E-state index contributed by atoms with van der Waals surface area (Å²) in [6, 6.07) is 15.3. The fourth-order valence-corrected chi connectivity index (χ4v) is 2.66. The van der Waals surface area contributed by atoms with Gasteiger partial charge in [0, 0.05) is 18.8 Å². The van der Waals surface area contributed by atoms with E-state index in [-0.39, 0.29) is 0 Å². The molecule has 0 spiro atoms. The molecule has 0 aliphatic rings. The third-order valence-corrected chi connectivity index (χ3v) is 3.95. The average Bonchev–Trinajstić information content (AvgIpc) is 2.48. The van der Waals surface area contributed by atoms with Gasteiger partial charge in [-0.15, -0.1) is 0 Å². The molecule has 0 aromatic heterocycles. The second-order valence-corrected chi connectivity index (χ2v) is 5.78. The highest BCUT2D eigenvalue weighted by atomic mass is 15.1. The van der Waals surface area contributed by atoms with E-state index in [1.54, 1.807) is 0 Å². The van der Waals surface area contributed by atoms with Gasteiger partial charge in [0.1, 0.15) is 0 Å². The van der Waals surface area contributed by atoms with Gasteiger partial charge in [-0.05, 0) is 56.5 Å². The molecule has 0 unspecified atom stereocenters. The molecule has 0 saturated heterocycles.